The SMILES string of the molecule is CCC(=O)Nc1cccc(Cl)c1COc1cc(C)c(CC)cc1Br. The topological polar surface area (TPSA) is 38.3 Å². The minimum absolute atomic E-state index is 0.0529. The fourth-order valence-corrected chi connectivity index (χ4v) is 3.13. The lowest BCUT2D eigenvalue weighted by Gasteiger charge is -2.15. The van der Waals surface area contributed by atoms with Crippen LogP contribution in [0.4, 0.5) is 5.69 Å². The van der Waals surface area contributed by atoms with Crippen LogP contribution in [-0.2, 0) is 17.8 Å². The summed E-state index contributed by atoms with van der Waals surface area (Å²) in [6.45, 7) is 6.29. The Kier molecular flexibility index (Phi) is 6.69. The van der Waals surface area contributed by atoms with E-state index in [1.54, 1.807) is 6.07 Å². The zero-order valence-corrected chi connectivity index (χ0v) is 16.4. The number of nitrogens with one attached hydrogen (secondary N) is 1. The van der Waals surface area contributed by atoms with Crippen LogP contribution in [0, 0.1) is 6.92 Å². The molecule has 0 bridgehead atoms. The lowest BCUT2D eigenvalue weighted by Crippen LogP contribution is -2.12. The Balaban J connectivity index is 2.23. The van der Waals surface area contributed by atoms with Gasteiger partial charge in [-0.3, -0.25) is 4.79 Å². The lowest BCUT2D eigenvalue weighted by atomic mass is 10.1. The van der Waals surface area contributed by atoms with Crippen LogP contribution in [0.15, 0.2) is 34.8 Å². The van der Waals surface area contributed by atoms with Gasteiger partial charge in [-0.25, -0.2) is 0 Å². The largest absolute Gasteiger partial charge is 0.488 e. The van der Waals surface area contributed by atoms with Gasteiger partial charge in [0.25, 0.3) is 0 Å². The number of carbonyl (C=O) groups excluding carboxylic acids is 1. The third-order valence-corrected chi connectivity index (χ3v) is 4.83. The van der Waals surface area contributed by atoms with Crippen molar-refractivity contribution >= 4 is 39.1 Å². The number of amides is 1. The maximum Gasteiger partial charge on any atom is 0.224 e. The van der Waals surface area contributed by atoms with E-state index >= 15 is 0 Å². The third kappa shape index (κ3) is 4.52. The minimum atomic E-state index is -0.0529. The molecule has 128 valence electrons. The molecule has 0 aromatic heterocycles. The van der Waals surface area contributed by atoms with Crippen molar-refractivity contribution in [3.05, 3.63) is 56.5 Å². The zero-order valence-electron chi connectivity index (χ0n) is 14.1. The van der Waals surface area contributed by atoms with Crippen molar-refractivity contribution in [2.24, 2.45) is 0 Å². The summed E-state index contributed by atoms with van der Waals surface area (Å²) in [7, 11) is 0. The Labute approximate surface area is 156 Å². The summed E-state index contributed by atoms with van der Waals surface area (Å²) in [5.74, 6) is 0.709. The second-order valence-electron chi connectivity index (χ2n) is 5.52. The van der Waals surface area contributed by atoms with Gasteiger partial charge in [0.2, 0.25) is 5.91 Å². The van der Waals surface area contributed by atoms with Gasteiger partial charge in [0.05, 0.1) is 4.47 Å². The number of carbonyl (C=O) groups is 1. The molecule has 0 saturated carbocycles. The first kappa shape index (κ1) is 18.8. The van der Waals surface area contributed by atoms with E-state index in [0.29, 0.717) is 17.1 Å². The Morgan fingerprint density at radius 2 is 2.04 bits per heavy atom. The predicted molar refractivity (Wildman–Crippen MR) is 103 cm³/mol. The molecule has 2 aromatic rings. The average Bonchev–Trinajstić information content (AvgIpc) is 2.56. The van der Waals surface area contributed by atoms with Crippen LogP contribution in [0.2, 0.25) is 5.02 Å². The van der Waals surface area contributed by atoms with E-state index in [1.807, 2.05) is 25.1 Å². The van der Waals surface area contributed by atoms with Crippen LogP contribution < -0.4 is 10.1 Å². The van der Waals surface area contributed by atoms with Gasteiger partial charge in [0, 0.05) is 22.7 Å². The minimum Gasteiger partial charge on any atom is -0.488 e. The molecular formula is C19H21BrClNO2. The quantitative estimate of drug-likeness (QED) is 0.643. The molecule has 2 rings (SSSR count). The van der Waals surface area contributed by atoms with Crippen LogP contribution in [-0.4, -0.2) is 5.91 Å². The van der Waals surface area contributed by atoms with Crippen molar-refractivity contribution in [2.45, 2.75) is 40.2 Å². The molecule has 24 heavy (non-hydrogen) atoms. The molecule has 3 nitrogen and oxygen atoms in total. The van der Waals surface area contributed by atoms with Gasteiger partial charge in [-0.1, -0.05) is 31.5 Å². The van der Waals surface area contributed by atoms with E-state index in [9.17, 15) is 4.79 Å². The fourth-order valence-electron chi connectivity index (χ4n) is 2.40. The molecule has 2 aromatic carbocycles. The molecule has 1 amide bonds. The summed E-state index contributed by atoms with van der Waals surface area (Å²) in [5.41, 5.74) is 3.93. The molecule has 0 spiro atoms. The molecule has 0 aliphatic carbocycles. The standard InChI is InChI=1S/C19H21BrClNO2/c1-4-13-10-15(20)18(9-12(13)3)24-11-14-16(21)7-6-8-17(14)22-19(23)5-2/h6-10H,4-5,11H2,1-3H3,(H,22,23). The molecule has 0 atom stereocenters. The molecule has 0 saturated heterocycles. The van der Waals surface area contributed by atoms with Crippen LogP contribution in [0.1, 0.15) is 37.0 Å². The number of ether oxygens (including phenoxy) is 1. The van der Waals surface area contributed by atoms with Crippen molar-refractivity contribution in [1.29, 1.82) is 0 Å². The molecular weight excluding hydrogens is 390 g/mol. The van der Waals surface area contributed by atoms with Crippen molar-refractivity contribution in [3.63, 3.8) is 0 Å². The van der Waals surface area contributed by atoms with Crippen LogP contribution >= 0.6 is 27.5 Å². The summed E-state index contributed by atoms with van der Waals surface area (Å²) >= 11 is 9.85. The van der Waals surface area contributed by atoms with Gasteiger partial charge in [-0.05, 0) is 64.7 Å². The maximum absolute atomic E-state index is 11.7. The number of anilines is 1. The Morgan fingerprint density at radius 3 is 2.71 bits per heavy atom. The van der Waals surface area contributed by atoms with Gasteiger partial charge >= 0.3 is 0 Å². The second-order valence-corrected chi connectivity index (χ2v) is 6.78. The lowest BCUT2D eigenvalue weighted by molar-refractivity contribution is -0.115. The van der Waals surface area contributed by atoms with Gasteiger partial charge in [-0.15, -0.1) is 0 Å². The first-order valence-corrected chi connectivity index (χ1v) is 9.12. The van der Waals surface area contributed by atoms with E-state index in [0.717, 1.165) is 22.2 Å². The van der Waals surface area contributed by atoms with E-state index in [4.69, 9.17) is 16.3 Å². The highest BCUT2D eigenvalue weighted by molar-refractivity contribution is 9.10. The highest BCUT2D eigenvalue weighted by Gasteiger charge is 2.12. The summed E-state index contributed by atoms with van der Waals surface area (Å²) in [4.78, 5) is 11.7. The molecule has 0 aliphatic heterocycles. The molecule has 0 heterocycles. The van der Waals surface area contributed by atoms with Gasteiger partial charge in [0.1, 0.15) is 12.4 Å². The van der Waals surface area contributed by atoms with Crippen LogP contribution in [0.25, 0.3) is 0 Å². The number of halogens is 2. The molecule has 0 unspecified atom stereocenters. The predicted octanol–water partition coefficient (Wildman–Crippen LogP) is 5.90. The fraction of sp³-hybridized carbons (Fsp3) is 0.316. The first-order chi connectivity index (χ1) is 11.5. The Morgan fingerprint density at radius 1 is 1.29 bits per heavy atom. The molecule has 5 heteroatoms. The number of rotatable bonds is 6. The number of hydrogen-bond donors (Lipinski definition) is 1. The maximum atomic E-state index is 11.7. The molecule has 0 radical (unpaired) electrons. The van der Waals surface area contributed by atoms with E-state index in [-0.39, 0.29) is 12.5 Å². The van der Waals surface area contributed by atoms with Crippen LogP contribution in [0.3, 0.4) is 0 Å². The highest BCUT2D eigenvalue weighted by Crippen LogP contribution is 2.32. The highest BCUT2D eigenvalue weighted by atomic mass is 79.9. The number of benzene rings is 2. The summed E-state index contributed by atoms with van der Waals surface area (Å²) < 4.78 is 6.87. The van der Waals surface area contributed by atoms with Crippen molar-refractivity contribution in [1.82, 2.24) is 0 Å². The summed E-state index contributed by atoms with van der Waals surface area (Å²) in [6.07, 6.45) is 1.39. The normalized spacial score (nSPS) is 10.5. The van der Waals surface area contributed by atoms with Gasteiger partial charge < -0.3 is 10.1 Å². The van der Waals surface area contributed by atoms with Crippen molar-refractivity contribution < 1.29 is 9.53 Å². The van der Waals surface area contributed by atoms with E-state index in [1.165, 1.54) is 11.1 Å². The third-order valence-electron chi connectivity index (χ3n) is 3.86. The molecule has 1 N–H and O–H groups in total. The molecule has 0 fully saturated rings. The molecule has 0 aliphatic rings. The smallest absolute Gasteiger partial charge is 0.224 e. The Hall–Kier alpha value is -1.52. The first-order valence-electron chi connectivity index (χ1n) is 7.95. The van der Waals surface area contributed by atoms with Gasteiger partial charge in [0.15, 0.2) is 0 Å². The second kappa shape index (κ2) is 8.54. The number of aryl methyl sites for hydroxylation is 2. The van der Waals surface area contributed by atoms with Crippen molar-refractivity contribution in [2.75, 3.05) is 5.32 Å². The monoisotopic (exact) mass is 409 g/mol. The van der Waals surface area contributed by atoms with Crippen LogP contribution in [0.5, 0.6) is 5.75 Å². The van der Waals surface area contributed by atoms with Gasteiger partial charge in [-0.2, -0.15) is 0 Å². The summed E-state index contributed by atoms with van der Waals surface area (Å²) in [6, 6.07) is 9.54. The average molecular weight is 411 g/mol. The zero-order chi connectivity index (χ0) is 17.7. The van der Waals surface area contributed by atoms with Crippen molar-refractivity contribution in [3.8, 4) is 5.75 Å². The van der Waals surface area contributed by atoms with E-state index < -0.39 is 0 Å². The Bertz CT molecular complexity index is 746. The summed E-state index contributed by atoms with van der Waals surface area (Å²) in [5, 5.41) is 3.44. The van der Waals surface area contributed by atoms with E-state index in [2.05, 4.69) is 41.2 Å². The number of hydrogen-bond acceptors (Lipinski definition) is 2.